The van der Waals surface area contributed by atoms with E-state index in [1.165, 1.54) is 18.2 Å². The Balaban J connectivity index is 2.11. The lowest BCUT2D eigenvalue weighted by Gasteiger charge is -2.40. The molecule has 132 valence electrons. The second kappa shape index (κ2) is 7.57. The van der Waals surface area contributed by atoms with Crippen LogP contribution in [0.3, 0.4) is 0 Å². The third kappa shape index (κ3) is 4.00. The summed E-state index contributed by atoms with van der Waals surface area (Å²) < 4.78 is 5.02. The van der Waals surface area contributed by atoms with Crippen molar-refractivity contribution in [3.8, 4) is 0 Å². The fraction of sp³-hybridized carbons (Fsp3) is 0.625. The van der Waals surface area contributed by atoms with Gasteiger partial charge in [-0.25, -0.2) is 4.98 Å². The Hall–Kier alpha value is -2.22. The molecule has 1 amide bonds. The van der Waals surface area contributed by atoms with Gasteiger partial charge < -0.3 is 19.7 Å². The molecule has 1 aliphatic heterocycles. The first kappa shape index (κ1) is 18.1. The lowest BCUT2D eigenvalue weighted by atomic mass is 9.77. The van der Waals surface area contributed by atoms with Crippen LogP contribution < -0.4 is 5.56 Å². The van der Waals surface area contributed by atoms with Crippen LogP contribution in [0.5, 0.6) is 0 Å². The molecule has 0 aromatic carbocycles. The molecule has 8 heteroatoms. The Bertz CT molecular complexity index is 672. The van der Waals surface area contributed by atoms with Gasteiger partial charge >= 0.3 is 5.97 Å². The summed E-state index contributed by atoms with van der Waals surface area (Å²) in [6.45, 7) is 2.63. The van der Waals surface area contributed by atoms with E-state index < -0.39 is 11.4 Å². The number of ether oxygens (including phenoxy) is 1. The zero-order chi connectivity index (χ0) is 17.7. The van der Waals surface area contributed by atoms with E-state index in [9.17, 15) is 19.5 Å². The van der Waals surface area contributed by atoms with Crippen molar-refractivity contribution >= 4 is 11.9 Å². The van der Waals surface area contributed by atoms with Crippen molar-refractivity contribution in [3.05, 3.63) is 27.9 Å². The van der Waals surface area contributed by atoms with Gasteiger partial charge in [0.05, 0.1) is 11.8 Å². The predicted molar refractivity (Wildman–Crippen MR) is 85.7 cm³/mol. The van der Waals surface area contributed by atoms with Crippen LogP contribution in [0.2, 0.25) is 0 Å². The first-order valence-corrected chi connectivity index (χ1v) is 7.93. The third-order valence-electron chi connectivity index (χ3n) is 4.51. The standard InChI is InChI=1S/C16H23N3O5/c1-11-17-9-12(14(21)18-11)8-13(20)19-6-3-4-16(10-19,15(22)23)5-7-24-2/h9H,3-8,10H2,1-2H3,(H,22,23)(H,17,18,21). The van der Waals surface area contributed by atoms with Crippen LogP contribution in [0.25, 0.3) is 0 Å². The third-order valence-corrected chi connectivity index (χ3v) is 4.51. The van der Waals surface area contributed by atoms with E-state index in [1.54, 1.807) is 6.92 Å². The average molecular weight is 337 g/mol. The number of carbonyl (C=O) groups excluding carboxylic acids is 1. The number of likely N-dealkylation sites (tertiary alicyclic amines) is 1. The van der Waals surface area contributed by atoms with E-state index in [2.05, 4.69) is 9.97 Å². The van der Waals surface area contributed by atoms with Gasteiger partial charge in [0.1, 0.15) is 5.82 Å². The van der Waals surface area contributed by atoms with Crippen LogP contribution in [0.1, 0.15) is 30.7 Å². The van der Waals surface area contributed by atoms with Gasteiger partial charge in [0.15, 0.2) is 0 Å². The smallest absolute Gasteiger partial charge is 0.311 e. The molecule has 1 saturated heterocycles. The summed E-state index contributed by atoms with van der Waals surface area (Å²) in [6, 6.07) is 0. The number of nitrogens with zero attached hydrogens (tertiary/aromatic N) is 2. The summed E-state index contributed by atoms with van der Waals surface area (Å²) in [6.07, 6.45) is 2.80. The Morgan fingerprint density at radius 3 is 2.88 bits per heavy atom. The number of piperidine rings is 1. The molecule has 1 aliphatic rings. The highest BCUT2D eigenvalue weighted by molar-refractivity contribution is 5.81. The van der Waals surface area contributed by atoms with Crippen molar-refractivity contribution in [2.45, 2.75) is 32.6 Å². The Labute approximate surface area is 139 Å². The van der Waals surface area contributed by atoms with Crippen molar-refractivity contribution in [2.75, 3.05) is 26.8 Å². The number of H-pyrrole nitrogens is 1. The molecule has 2 N–H and O–H groups in total. The molecule has 0 radical (unpaired) electrons. The van der Waals surface area contributed by atoms with Gasteiger partial charge in [-0.3, -0.25) is 14.4 Å². The molecule has 8 nitrogen and oxygen atoms in total. The molecule has 1 aromatic heterocycles. The van der Waals surface area contributed by atoms with Crippen molar-refractivity contribution in [3.63, 3.8) is 0 Å². The Morgan fingerprint density at radius 1 is 1.50 bits per heavy atom. The van der Waals surface area contributed by atoms with Gasteiger partial charge in [0, 0.05) is 38.6 Å². The molecule has 0 aliphatic carbocycles. The summed E-state index contributed by atoms with van der Waals surface area (Å²) in [7, 11) is 1.53. The normalized spacial score (nSPS) is 20.8. The number of aliphatic carboxylic acids is 1. The number of aryl methyl sites for hydroxylation is 1. The number of carboxylic acid groups (broad SMARTS) is 1. The van der Waals surface area contributed by atoms with Gasteiger partial charge in [-0.2, -0.15) is 0 Å². The van der Waals surface area contributed by atoms with E-state index in [0.717, 1.165) is 0 Å². The lowest BCUT2D eigenvalue weighted by Crippen LogP contribution is -2.51. The first-order valence-electron chi connectivity index (χ1n) is 7.93. The van der Waals surface area contributed by atoms with Crippen LogP contribution in [0.4, 0.5) is 0 Å². The summed E-state index contributed by atoms with van der Waals surface area (Å²) in [5, 5.41) is 9.62. The minimum atomic E-state index is -0.984. The number of hydrogen-bond donors (Lipinski definition) is 2. The molecule has 0 bridgehead atoms. The topological polar surface area (TPSA) is 113 Å². The zero-order valence-electron chi connectivity index (χ0n) is 14.0. The van der Waals surface area contributed by atoms with E-state index >= 15 is 0 Å². The highest BCUT2D eigenvalue weighted by atomic mass is 16.5. The summed E-state index contributed by atoms with van der Waals surface area (Å²) in [4.78, 5) is 44.2. The van der Waals surface area contributed by atoms with E-state index in [-0.39, 0.29) is 30.0 Å². The highest BCUT2D eigenvalue weighted by Crippen LogP contribution is 2.34. The number of aromatic amines is 1. The molecule has 1 unspecified atom stereocenters. The van der Waals surface area contributed by atoms with Crippen molar-refractivity contribution < 1.29 is 19.4 Å². The molecular formula is C16H23N3O5. The van der Waals surface area contributed by atoms with Crippen LogP contribution in [0, 0.1) is 12.3 Å². The average Bonchev–Trinajstić information content (AvgIpc) is 2.55. The number of rotatable bonds is 6. The van der Waals surface area contributed by atoms with Gasteiger partial charge in [0.2, 0.25) is 5.91 Å². The Kier molecular flexibility index (Phi) is 5.71. The quantitative estimate of drug-likeness (QED) is 0.774. The molecule has 1 atom stereocenters. The second-order valence-corrected chi connectivity index (χ2v) is 6.25. The second-order valence-electron chi connectivity index (χ2n) is 6.25. The summed E-state index contributed by atoms with van der Waals surface area (Å²) in [5.74, 6) is -0.681. The largest absolute Gasteiger partial charge is 0.481 e. The summed E-state index contributed by atoms with van der Waals surface area (Å²) in [5.41, 5.74) is -1.03. The molecule has 2 rings (SSSR count). The van der Waals surface area contributed by atoms with E-state index in [1.807, 2.05) is 0 Å². The zero-order valence-corrected chi connectivity index (χ0v) is 14.0. The van der Waals surface area contributed by atoms with Gasteiger partial charge in [-0.15, -0.1) is 0 Å². The highest BCUT2D eigenvalue weighted by Gasteiger charge is 2.43. The maximum atomic E-state index is 12.5. The number of carboxylic acids is 1. The fourth-order valence-corrected chi connectivity index (χ4v) is 3.04. The van der Waals surface area contributed by atoms with E-state index in [0.29, 0.717) is 38.2 Å². The van der Waals surface area contributed by atoms with Gasteiger partial charge in [0.25, 0.3) is 5.56 Å². The number of nitrogens with one attached hydrogen (secondary N) is 1. The molecule has 0 saturated carbocycles. The molecule has 0 spiro atoms. The molecule has 2 heterocycles. The number of aromatic nitrogens is 2. The van der Waals surface area contributed by atoms with Crippen LogP contribution in [0.15, 0.2) is 11.0 Å². The van der Waals surface area contributed by atoms with Crippen molar-refractivity contribution in [1.82, 2.24) is 14.9 Å². The van der Waals surface area contributed by atoms with Crippen LogP contribution in [-0.2, 0) is 20.7 Å². The molecular weight excluding hydrogens is 314 g/mol. The van der Waals surface area contributed by atoms with Gasteiger partial charge in [-0.1, -0.05) is 0 Å². The SMILES string of the molecule is COCCC1(C(=O)O)CCCN(C(=O)Cc2cnc(C)[nH]c2=O)C1. The molecule has 1 fully saturated rings. The number of carbonyl (C=O) groups is 2. The van der Waals surface area contributed by atoms with Crippen molar-refractivity contribution in [2.24, 2.45) is 5.41 Å². The number of amides is 1. The fourth-order valence-electron chi connectivity index (χ4n) is 3.04. The predicted octanol–water partition coefficient (Wildman–Crippen LogP) is 0.351. The van der Waals surface area contributed by atoms with E-state index in [4.69, 9.17) is 4.74 Å². The molecule has 24 heavy (non-hydrogen) atoms. The summed E-state index contributed by atoms with van der Waals surface area (Å²) >= 11 is 0. The lowest BCUT2D eigenvalue weighted by molar-refractivity contribution is -0.156. The van der Waals surface area contributed by atoms with Crippen molar-refractivity contribution in [1.29, 1.82) is 0 Å². The minimum Gasteiger partial charge on any atom is -0.481 e. The van der Waals surface area contributed by atoms with Gasteiger partial charge in [-0.05, 0) is 26.2 Å². The monoisotopic (exact) mass is 337 g/mol. The maximum Gasteiger partial charge on any atom is 0.311 e. The molecule has 1 aromatic rings. The number of hydrogen-bond acceptors (Lipinski definition) is 5. The van der Waals surface area contributed by atoms with Crippen LogP contribution >= 0.6 is 0 Å². The minimum absolute atomic E-state index is 0.0808. The maximum absolute atomic E-state index is 12.5. The number of methoxy groups -OCH3 is 1. The first-order chi connectivity index (χ1) is 11.4. The van der Waals surface area contributed by atoms with Crippen LogP contribution in [-0.4, -0.2) is 58.7 Å². The Morgan fingerprint density at radius 2 is 2.25 bits per heavy atom.